The topological polar surface area (TPSA) is 75.0 Å². The molecule has 0 saturated heterocycles. The van der Waals surface area contributed by atoms with Crippen LogP contribution in [-0.4, -0.2) is 22.9 Å². The van der Waals surface area contributed by atoms with Gasteiger partial charge in [-0.3, -0.25) is 4.79 Å². The fourth-order valence-corrected chi connectivity index (χ4v) is 2.34. The highest BCUT2D eigenvalue weighted by Gasteiger charge is 2.15. The van der Waals surface area contributed by atoms with Crippen molar-refractivity contribution in [2.45, 2.75) is 0 Å². The van der Waals surface area contributed by atoms with Crippen LogP contribution in [0.2, 0.25) is 5.02 Å². The van der Waals surface area contributed by atoms with Gasteiger partial charge in [0.2, 0.25) is 0 Å². The number of rotatable bonds is 3. The molecule has 0 aliphatic heterocycles. The number of ketones is 1. The predicted octanol–water partition coefficient (Wildman–Crippen LogP) is 2.75. The number of carbonyl (C=O) groups excluding carboxylic acids is 1. The minimum atomic E-state index is -0.307. The van der Waals surface area contributed by atoms with E-state index in [0.29, 0.717) is 32.9 Å². The number of fused-ring (bicyclic) bond motifs is 1. The molecule has 0 radical (unpaired) electrons. The van der Waals surface area contributed by atoms with Crippen LogP contribution < -0.4 is 10.4 Å². The summed E-state index contributed by atoms with van der Waals surface area (Å²) < 4.78 is 5.19. The largest absolute Gasteiger partial charge is 0.496 e. The lowest BCUT2D eigenvalue weighted by atomic mass is 10.0. The number of H-pyrrole nitrogens is 2. The van der Waals surface area contributed by atoms with Crippen molar-refractivity contribution in [2.24, 2.45) is 0 Å². The van der Waals surface area contributed by atoms with Crippen molar-refractivity contribution in [3.8, 4) is 5.75 Å². The van der Waals surface area contributed by atoms with Crippen LogP contribution in [0.5, 0.6) is 5.75 Å². The molecule has 21 heavy (non-hydrogen) atoms. The standard InChI is InChI=1S/C15H11ClN2O3/c1-21-13-7-9(16)3-4-10(13)14(19)8-2-5-11-12(6-8)18-15(20)17-11/h2-7H,1H3,(H2,17,18,20). The fraction of sp³-hybridized carbons (Fsp3) is 0.0667. The van der Waals surface area contributed by atoms with Gasteiger partial charge < -0.3 is 14.7 Å². The molecule has 6 heteroatoms. The summed E-state index contributed by atoms with van der Waals surface area (Å²) in [6, 6.07) is 9.81. The Balaban J connectivity index is 2.09. The Morgan fingerprint density at radius 3 is 2.62 bits per heavy atom. The molecule has 5 nitrogen and oxygen atoms in total. The first-order valence-corrected chi connectivity index (χ1v) is 6.56. The Bertz CT molecular complexity index is 895. The third kappa shape index (κ3) is 2.43. The van der Waals surface area contributed by atoms with E-state index in [2.05, 4.69) is 9.97 Å². The van der Waals surface area contributed by atoms with E-state index in [1.807, 2.05) is 0 Å². The molecule has 1 heterocycles. The predicted molar refractivity (Wildman–Crippen MR) is 80.4 cm³/mol. The Hall–Kier alpha value is -2.53. The average Bonchev–Trinajstić information content (AvgIpc) is 2.85. The second-order valence-electron chi connectivity index (χ2n) is 4.51. The third-order valence-electron chi connectivity index (χ3n) is 3.19. The van der Waals surface area contributed by atoms with Crippen LogP contribution in [0.3, 0.4) is 0 Å². The summed E-state index contributed by atoms with van der Waals surface area (Å²) in [7, 11) is 1.48. The SMILES string of the molecule is COc1cc(Cl)ccc1C(=O)c1ccc2[nH]c(=O)[nH]c2c1. The van der Waals surface area contributed by atoms with E-state index in [1.165, 1.54) is 7.11 Å². The molecule has 3 rings (SSSR count). The van der Waals surface area contributed by atoms with Crippen molar-refractivity contribution in [2.75, 3.05) is 7.11 Å². The summed E-state index contributed by atoms with van der Waals surface area (Å²) in [6.07, 6.45) is 0. The van der Waals surface area contributed by atoms with Crippen molar-refractivity contribution < 1.29 is 9.53 Å². The van der Waals surface area contributed by atoms with E-state index in [-0.39, 0.29) is 11.5 Å². The van der Waals surface area contributed by atoms with Crippen LogP contribution in [0.4, 0.5) is 0 Å². The first-order chi connectivity index (χ1) is 10.1. The molecule has 2 N–H and O–H groups in total. The van der Waals surface area contributed by atoms with E-state index in [0.717, 1.165) is 0 Å². The Morgan fingerprint density at radius 2 is 1.86 bits per heavy atom. The molecule has 2 aromatic carbocycles. The Kier molecular flexibility index (Phi) is 3.27. The number of aromatic nitrogens is 2. The molecule has 3 aromatic rings. The maximum Gasteiger partial charge on any atom is 0.323 e. The molecule has 0 saturated carbocycles. The van der Waals surface area contributed by atoms with Crippen LogP contribution in [0.15, 0.2) is 41.2 Å². The lowest BCUT2D eigenvalue weighted by Crippen LogP contribution is -2.04. The first kappa shape index (κ1) is 13.5. The zero-order valence-electron chi connectivity index (χ0n) is 11.1. The molecule has 0 bridgehead atoms. The summed E-state index contributed by atoms with van der Waals surface area (Å²) in [5, 5.41) is 0.494. The number of halogens is 1. The van der Waals surface area contributed by atoms with Crippen LogP contribution in [0.1, 0.15) is 15.9 Å². The van der Waals surface area contributed by atoms with Gasteiger partial charge in [0.05, 0.1) is 23.7 Å². The number of methoxy groups -OCH3 is 1. The minimum absolute atomic E-state index is 0.201. The van der Waals surface area contributed by atoms with E-state index >= 15 is 0 Å². The summed E-state index contributed by atoms with van der Waals surface area (Å²) in [6.45, 7) is 0. The molecular formula is C15H11ClN2O3. The van der Waals surface area contributed by atoms with Crippen molar-refractivity contribution in [3.05, 3.63) is 63.0 Å². The molecule has 0 aliphatic rings. The van der Waals surface area contributed by atoms with Gasteiger partial charge in [0.15, 0.2) is 5.78 Å². The smallest absolute Gasteiger partial charge is 0.323 e. The van der Waals surface area contributed by atoms with E-state index < -0.39 is 0 Å². The molecule has 1 aromatic heterocycles. The molecule has 106 valence electrons. The minimum Gasteiger partial charge on any atom is -0.496 e. The van der Waals surface area contributed by atoms with Gasteiger partial charge in [0.1, 0.15) is 5.75 Å². The maximum atomic E-state index is 12.6. The summed E-state index contributed by atoms with van der Waals surface area (Å²) >= 11 is 5.89. The van der Waals surface area contributed by atoms with Crippen LogP contribution in [0.25, 0.3) is 11.0 Å². The molecule has 0 amide bonds. The molecule has 0 fully saturated rings. The number of nitrogens with one attached hydrogen (secondary N) is 2. The lowest BCUT2D eigenvalue weighted by Gasteiger charge is -2.08. The van der Waals surface area contributed by atoms with Gasteiger partial charge in [0, 0.05) is 10.6 Å². The number of hydrogen-bond donors (Lipinski definition) is 2. The van der Waals surface area contributed by atoms with E-state index in [1.54, 1.807) is 36.4 Å². The summed E-state index contributed by atoms with van der Waals surface area (Å²) in [5.41, 5.74) is 1.80. The second-order valence-corrected chi connectivity index (χ2v) is 4.95. The van der Waals surface area contributed by atoms with Crippen molar-refractivity contribution in [1.82, 2.24) is 9.97 Å². The lowest BCUT2D eigenvalue weighted by molar-refractivity contribution is 0.103. The molecule has 0 spiro atoms. The number of imidazole rings is 1. The first-order valence-electron chi connectivity index (χ1n) is 6.19. The fourth-order valence-electron chi connectivity index (χ4n) is 2.18. The molecule has 0 unspecified atom stereocenters. The molecular weight excluding hydrogens is 292 g/mol. The Morgan fingerprint density at radius 1 is 1.10 bits per heavy atom. The number of aromatic amines is 2. The van der Waals surface area contributed by atoms with Crippen LogP contribution in [-0.2, 0) is 0 Å². The van der Waals surface area contributed by atoms with E-state index in [4.69, 9.17) is 16.3 Å². The van der Waals surface area contributed by atoms with Gasteiger partial charge in [-0.05, 0) is 36.4 Å². The van der Waals surface area contributed by atoms with Crippen molar-refractivity contribution in [1.29, 1.82) is 0 Å². The number of carbonyl (C=O) groups is 1. The molecule has 0 aliphatic carbocycles. The monoisotopic (exact) mass is 302 g/mol. The van der Waals surface area contributed by atoms with Gasteiger partial charge in [-0.25, -0.2) is 4.79 Å². The van der Waals surface area contributed by atoms with Gasteiger partial charge >= 0.3 is 5.69 Å². The normalized spacial score (nSPS) is 10.8. The highest BCUT2D eigenvalue weighted by atomic mass is 35.5. The van der Waals surface area contributed by atoms with Crippen LogP contribution in [0, 0.1) is 0 Å². The number of hydrogen-bond acceptors (Lipinski definition) is 3. The highest BCUT2D eigenvalue weighted by molar-refractivity contribution is 6.31. The van der Waals surface area contributed by atoms with Gasteiger partial charge in [-0.1, -0.05) is 11.6 Å². The summed E-state index contributed by atoms with van der Waals surface area (Å²) in [4.78, 5) is 29.1. The number of ether oxygens (including phenoxy) is 1. The second kappa shape index (κ2) is 5.10. The number of benzene rings is 2. The van der Waals surface area contributed by atoms with E-state index in [9.17, 15) is 9.59 Å². The van der Waals surface area contributed by atoms with Gasteiger partial charge in [-0.2, -0.15) is 0 Å². The molecule has 0 atom stereocenters. The van der Waals surface area contributed by atoms with Crippen LogP contribution >= 0.6 is 11.6 Å². The van der Waals surface area contributed by atoms with Gasteiger partial charge in [-0.15, -0.1) is 0 Å². The average molecular weight is 303 g/mol. The Labute approximate surface area is 124 Å². The van der Waals surface area contributed by atoms with Crippen molar-refractivity contribution >= 4 is 28.4 Å². The maximum absolute atomic E-state index is 12.6. The van der Waals surface area contributed by atoms with Gasteiger partial charge in [0.25, 0.3) is 0 Å². The summed E-state index contributed by atoms with van der Waals surface area (Å²) in [5.74, 6) is 0.211. The zero-order chi connectivity index (χ0) is 15.0. The quantitative estimate of drug-likeness (QED) is 0.731. The zero-order valence-corrected chi connectivity index (χ0v) is 11.8. The third-order valence-corrected chi connectivity index (χ3v) is 3.42. The highest BCUT2D eigenvalue weighted by Crippen LogP contribution is 2.26. The van der Waals surface area contributed by atoms with Crippen molar-refractivity contribution in [3.63, 3.8) is 0 Å².